The number of sulfone groups is 1. The van der Waals surface area contributed by atoms with Crippen LogP contribution in [0.15, 0.2) is 11.0 Å². The molecule has 1 heterocycles. The van der Waals surface area contributed by atoms with Gasteiger partial charge in [0.05, 0.1) is 0 Å². The second-order valence-electron chi connectivity index (χ2n) is 4.65. The van der Waals surface area contributed by atoms with Gasteiger partial charge in [0.15, 0.2) is 14.7 Å². The number of thioether (sulfide) groups is 1. The standard InChI is InChI=1S/C10H16N2O3S2/c1-17(14,15)8-6-4-2-3-5-7(6)16-10(8,12)9(11)13/h5-6,8H,2-4,12H2,1H3,(H2,11,13). The molecular formula is C10H16N2O3S2. The van der Waals surface area contributed by atoms with Crippen molar-refractivity contribution in [2.75, 3.05) is 6.26 Å². The Hall–Kier alpha value is -0.530. The van der Waals surface area contributed by atoms with Gasteiger partial charge in [-0.1, -0.05) is 17.8 Å². The maximum Gasteiger partial charge on any atom is 0.249 e. The van der Waals surface area contributed by atoms with Crippen LogP contribution in [-0.4, -0.2) is 30.7 Å². The zero-order valence-electron chi connectivity index (χ0n) is 9.55. The first-order valence-electron chi connectivity index (χ1n) is 5.43. The Morgan fingerprint density at radius 3 is 2.76 bits per heavy atom. The van der Waals surface area contributed by atoms with Crippen LogP contribution in [0, 0.1) is 5.92 Å². The van der Waals surface area contributed by atoms with Crippen LogP contribution >= 0.6 is 11.8 Å². The molecule has 0 aromatic heterocycles. The van der Waals surface area contributed by atoms with Gasteiger partial charge in [0, 0.05) is 12.2 Å². The van der Waals surface area contributed by atoms with E-state index in [1.54, 1.807) is 0 Å². The monoisotopic (exact) mass is 276 g/mol. The van der Waals surface area contributed by atoms with Gasteiger partial charge >= 0.3 is 0 Å². The molecule has 1 aliphatic carbocycles. The van der Waals surface area contributed by atoms with Crippen molar-refractivity contribution in [3.8, 4) is 0 Å². The van der Waals surface area contributed by atoms with E-state index in [0.717, 1.165) is 42.2 Å². The number of carbonyl (C=O) groups is 1. The molecule has 5 nitrogen and oxygen atoms in total. The van der Waals surface area contributed by atoms with Crippen LogP contribution in [0.25, 0.3) is 0 Å². The highest BCUT2D eigenvalue weighted by molar-refractivity contribution is 8.06. The first-order valence-corrected chi connectivity index (χ1v) is 8.20. The Bertz CT molecular complexity index is 486. The molecule has 7 heteroatoms. The third-order valence-electron chi connectivity index (χ3n) is 3.35. The van der Waals surface area contributed by atoms with Gasteiger partial charge in [-0.3, -0.25) is 4.79 Å². The SMILES string of the molecule is CS(=O)(=O)C1C2CCCC=C2SC1(N)C(N)=O. The van der Waals surface area contributed by atoms with Crippen LogP contribution in [0.5, 0.6) is 0 Å². The maximum atomic E-state index is 11.9. The lowest BCUT2D eigenvalue weighted by molar-refractivity contribution is -0.120. The second kappa shape index (κ2) is 4.00. The van der Waals surface area contributed by atoms with Crippen LogP contribution in [0.4, 0.5) is 0 Å². The molecule has 0 spiro atoms. The number of amides is 1. The van der Waals surface area contributed by atoms with Gasteiger partial charge in [-0.05, 0) is 24.2 Å². The molecule has 0 bridgehead atoms. The highest BCUT2D eigenvalue weighted by Gasteiger charge is 2.58. The molecule has 0 aromatic carbocycles. The lowest BCUT2D eigenvalue weighted by Crippen LogP contribution is -2.58. The molecule has 4 N–H and O–H groups in total. The molecule has 17 heavy (non-hydrogen) atoms. The third kappa shape index (κ3) is 2.00. The minimum atomic E-state index is -3.41. The summed E-state index contributed by atoms with van der Waals surface area (Å²) < 4.78 is 23.8. The van der Waals surface area contributed by atoms with Crippen molar-refractivity contribution >= 4 is 27.5 Å². The van der Waals surface area contributed by atoms with E-state index in [1.807, 2.05) is 6.08 Å². The van der Waals surface area contributed by atoms with Gasteiger partial charge in [-0.25, -0.2) is 8.42 Å². The molecule has 2 rings (SSSR count). The lowest BCUT2D eigenvalue weighted by Gasteiger charge is -2.28. The molecule has 1 amide bonds. The van der Waals surface area contributed by atoms with E-state index >= 15 is 0 Å². The zero-order chi connectivity index (χ0) is 12.8. The summed E-state index contributed by atoms with van der Waals surface area (Å²) in [4.78, 5) is 10.9. The molecular weight excluding hydrogens is 260 g/mol. The first-order chi connectivity index (χ1) is 7.77. The van der Waals surface area contributed by atoms with E-state index < -0.39 is 25.9 Å². The van der Waals surface area contributed by atoms with Crippen LogP contribution in [-0.2, 0) is 14.6 Å². The summed E-state index contributed by atoms with van der Waals surface area (Å²) >= 11 is 1.13. The molecule has 1 aliphatic heterocycles. The van der Waals surface area contributed by atoms with E-state index in [2.05, 4.69) is 0 Å². The molecule has 96 valence electrons. The Morgan fingerprint density at radius 1 is 1.59 bits per heavy atom. The van der Waals surface area contributed by atoms with Crippen molar-refractivity contribution in [3.05, 3.63) is 11.0 Å². The number of nitrogens with two attached hydrogens (primary N) is 2. The van der Waals surface area contributed by atoms with Crippen LogP contribution in [0.2, 0.25) is 0 Å². The predicted molar refractivity (Wildman–Crippen MR) is 67.8 cm³/mol. The second-order valence-corrected chi connectivity index (χ2v) is 8.17. The summed E-state index contributed by atoms with van der Waals surface area (Å²) in [7, 11) is -3.41. The van der Waals surface area contributed by atoms with Crippen LogP contribution < -0.4 is 11.5 Å². The molecule has 0 saturated carbocycles. The fraction of sp³-hybridized carbons (Fsp3) is 0.700. The fourth-order valence-corrected chi connectivity index (χ4v) is 6.42. The topological polar surface area (TPSA) is 103 Å². The summed E-state index contributed by atoms with van der Waals surface area (Å²) in [5, 5.41) is -0.899. The molecule has 1 fully saturated rings. The average molecular weight is 276 g/mol. The molecule has 0 aromatic rings. The van der Waals surface area contributed by atoms with E-state index in [4.69, 9.17) is 11.5 Å². The Morgan fingerprint density at radius 2 is 2.24 bits per heavy atom. The average Bonchev–Trinajstić information content (AvgIpc) is 2.50. The molecule has 2 aliphatic rings. The minimum absolute atomic E-state index is 0.166. The number of carbonyl (C=O) groups excluding carboxylic acids is 1. The molecule has 3 atom stereocenters. The number of fused-ring (bicyclic) bond motifs is 1. The van der Waals surface area contributed by atoms with Crippen molar-refractivity contribution in [3.63, 3.8) is 0 Å². The fourth-order valence-electron chi connectivity index (χ4n) is 2.65. The maximum absolute atomic E-state index is 11.9. The lowest BCUT2D eigenvalue weighted by atomic mass is 9.89. The quantitative estimate of drug-likeness (QED) is 0.737. The van der Waals surface area contributed by atoms with Crippen molar-refractivity contribution in [2.24, 2.45) is 17.4 Å². The highest BCUT2D eigenvalue weighted by atomic mass is 32.2. The number of allylic oxidation sites excluding steroid dienone is 2. The highest BCUT2D eigenvalue weighted by Crippen LogP contribution is 2.53. The Balaban J connectivity index is 2.53. The first kappa shape index (κ1) is 12.9. The van der Waals surface area contributed by atoms with E-state index in [0.29, 0.717) is 0 Å². The molecule has 3 unspecified atom stereocenters. The van der Waals surface area contributed by atoms with Gasteiger partial charge in [0.1, 0.15) is 5.25 Å². The summed E-state index contributed by atoms with van der Waals surface area (Å²) in [5.74, 6) is -0.922. The zero-order valence-corrected chi connectivity index (χ0v) is 11.2. The summed E-state index contributed by atoms with van der Waals surface area (Å²) in [6.45, 7) is 0. The predicted octanol–water partition coefficient (Wildman–Crippen LogP) is -0.0293. The van der Waals surface area contributed by atoms with Crippen molar-refractivity contribution in [1.29, 1.82) is 0 Å². The van der Waals surface area contributed by atoms with E-state index in [9.17, 15) is 13.2 Å². The van der Waals surface area contributed by atoms with Crippen molar-refractivity contribution in [2.45, 2.75) is 29.4 Å². The number of hydrogen-bond acceptors (Lipinski definition) is 5. The normalized spacial score (nSPS) is 37.4. The van der Waals surface area contributed by atoms with Gasteiger partial charge in [-0.2, -0.15) is 0 Å². The summed E-state index contributed by atoms with van der Waals surface area (Å²) in [6.07, 6.45) is 5.69. The van der Waals surface area contributed by atoms with E-state index in [1.165, 1.54) is 0 Å². The van der Waals surface area contributed by atoms with E-state index in [-0.39, 0.29) is 5.92 Å². The Kier molecular flexibility index (Phi) is 3.04. The number of primary amides is 1. The van der Waals surface area contributed by atoms with Crippen LogP contribution in [0.3, 0.4) is 0 Å². The number of rotatable bonds is 2. The number of hydrogen-bond donors (Lipinski definition) is 2. The summed E-state index contributed by atoms with van der Waals surface area (Å²) in [6, 6.07) is 0. The molecule has 0 radical (unpaired) electrons. The largest absolute Gasteiger partial charge is 0.367 e. The van der Waals surface area contributed by atoms with Crippen LogP contribution in [0.1, 0.15) is 19.3 Å². The van der Waals surface area contributed by atoms with Gasteiger partial charge in [0.2, 0.25) is 5.91 Å². The Labute approximate surface area is 105 Å². The van der Waals surface area contributed by atoms with Crippen molar-refractivity contribution in [1.82, 2.24) is 0 Å². The third-order valence-corrected chi connectivity index (χ3v) is 6.62. The molecule has 1 saturated heterocycles. The van der Waals surface area contributed by atoms with Crippen molar-refractivity contribution < 1.29 is 13.2 Å². The van der Waals surface area contributed by atoms with Gasteiger partial charge in [-0.15, -0.1) is 0 Å². The van der Waals surface area contributed by atoms with Gasteiger partial charge < -0.3 is 11.5 Å². The summed E-state index contributed by atoms with van der Waals surface area (Å²) in [5.41, 5.74) is 11.3. The smallest absolute Gasteiger partial charge is 0.249 e. The van der Waals surface area contributed by atoms with Gasteiger partial charge in [0.25, 0.3) is 0 Å². The minimum Gasteiger partial charge on any atom is -0.367 e.